The molecule has 0 N–H and O–H groups in total. The van der Waals surface area contributed by atoms with Gasteiger partial charge >= 0.3 is 6.85 Å². The van der Waals surface area contributed by atoms with Crippen LogP contribution < -0.4 is 21.2 Å². The highest BCUT2D eigenvalue weighted by molar-refractivity contribution is 8.01. The van der Waals surface area contributed by atoms with E-state index in [9.17, 15) is 0 Å². The molecule has 1 nitrogen and oxygen atoms in total. The molecule has 2 aliphatic carbocycles. The molecule has 4 aliphatic heterocycles. The third kappa shape index (κ3) is 2.68. The van der Waals surface area contributed by atoms with Crippen molar-refractivity contribution in [3.8, 4) is 0 Å². The molecule has 2 atom stereocenters. The Bertz CT molecular complexity index is 1920. The maximum absolute atomic E-state index is 2.67. The minimum Gasteiger partial charge on any atom is -0.377 e. The van der Waals surface area contributed by atoms with Crippen LogP contribution in [0, 0.1) is 0 Å². The maximum atomic E-state index is 2.67. The number of allylic oxidation sites excluding steroid dienone is 8. The van der Waals surface area contributed by atoms with Crippen LogP contribution in [0.25, 0.3) is 0 Å². The summed E-state index contributed by atoms with van der Waals surface area (Å²) in [4.78, 5) is 8.28. The topological polar surface area (TPSA) is 3.24 Å². The summed E-state index contributed by atoms with van der Waals surface area (Å²) in [5.41, 5.74) is 13.0. The van der Waals surface area contributed by atoms with Gasteiger partial charge in [-0.05, 0) is 53.0 Å². The van der Waals surface area contributed by atoms with E-state index in [2.05, 4.69) is 120 Å². The zero-order valence-electron chi connectivity index (χ0n) is 21.0. The number of benzene rings is 4. The zero-order chi connectivity index (χ0) is 25.2. The molecule has 0 spiro atoms. The first-order valence-corrected chi connectivity index (χ1v) is 15.4. The lowest BCUT2D eigenvalue weighted by molar-refractivity contribution is 0.971. The molecule has 180 valence electrons. The van der Waals surface area contributed by atoms with Crippen molar-refractivity contribution >= 4 is 64.8 Å². The molecule has 0 saturated carbocycles. The summed E-state index contributed by atoms with van der Waals surface area (Å²) in [6, 6.07) is 30.1. The van der Waals surface area contributed by atoms with Crippen LogP contribution in [-0.2, 0) is 0 Å². The van der Waals surface area contributed by atoms with Crippen molar-refractivity contribution in [3.63, 3.8) is 0 Å². The number of nitrogens with zero attached hydrogens (tertiary/aromatic N) is 1. The number of para-hydroxylation sites is 1. The second-order valence-electron chi connectivity index (χ2n) is 11.2. The number of fused-ring (bicyclic) bond motifs is 15. The molecule has 6 aliphatic rings. The molecule has 4 aromatic carbocycles. The maximum Gasteiger partial charge on any atom is 0.321 e. The highest BCUT2D eigenvalue weighted by Crippen LogP contribution is 2.56. The average molecular weight is 529 g/mol. The molecule has 0 bridgehead atoms. The second kappa shape index (κ2) is 7.56. The summed E-state index contributed by atoms with van der Waals surface area (Å²) < 4.78 is 0. The Labute approximate surface area is 237 Å². The molecule has 0 saturated heterocycles. The largest absolute Gasteiger partial charge is 0.377 e. The number of hydrogen-bond acceptors (Lipinski definition) is 3. The van der Waals surface area contributed by atoms with Gasteiger partial charge in [0.1, 0.15) is 0 Å². The van der Waals surface area contributed by atoms with E-state index in [1.165, 1.54) is 69.4 Å². The zero-order valence-corrected chi connectivity index (χ0v) is 22.7. The van der Waals surface area contributed by atoms with Crippen LogP contribution in [0.1, 0.15) is 23.0 Å². The lowest BCUT2D eigenvalue weighted by Gasteiger charge is -2.48. The van der Waals surface area contributed by atoms with Crippen molar-refractivity contribution in [2.75, 3.05) is 4.81 Å². The molecule has 0 fully saturated rings. The molecule has 4 heterocycles. The molecular formula is C34H21B2NS2. The smallest absolute Gasteiger partial charge is 0.321 e. The number of anilines is 2. The van der Waals surface area contributed by atoms with Gasteiger partial charge in [0, 0.05) is 42.8 Å². The van der Waals surface area contributed by atoms with Crippen LogP contribution in [0.5, 0.6) is 0 Å². The Morgan fingerprint density at radius 3 is 2.13 bits per heavy atom. The fourth-order valence-corrected chi connectivity index (χ4v) is 10.3. The van der Waals surface area contributed by atoms with Crippen molar-refractivity contribution in [3.05, 3.63) is 137 Å². The third-order valence-corrected chi connectivity index (χ3v) is 11.7. The van der Waals surface area contributed by atoms with Crippen molar-refractivity contribution < 1.29 is 0 Å². The molecule has 0 amide bonds. The van der Waals surface area contributed by atoms with Crippen LogP contribution in [0.2, 0.25) is 0 Å². The van der Waals surface area contributed by atoms with Crippen LogP contribution in [0.15, 0.2) is 146 Å². The summed E-state index contributed by atoms with van der Waals surface area (Å²) in [6.07, 6.45) is 14.1. The summed E-state index contributed by atoms with van der Waals surface area (Å²) in [5, 5.41) is 0. The van der Waals surface area contributed by atoms with E-state index in [0.29, 0.717) is 11.8 Å². The molecule has 2 unspecified atom stereocenters. The summed E-state index contributed by atoms with van der Waals surface area (Å²) >= 11 is 3.90. The molecule has 0 aromatic heterocycles. The SMILES string of the molecule is C1=CC2C(=C1)B1C3=CC=CC3c3cc4c(cc3N1c1ccccc12)B1c2ccccc2Sc2cccc(c21)S4. The summed E-state index contributed by atoms with van der Waals surface area (Å²) in [5.74, 6) is 0.706. The lowest BCUT2D eigenvalue weighted by atomic mass is 9.35. The second-order valence-corrected chi connectivity index (χ2v) is 13.3. The van der Waals surface area contributed by atoms with Gasteiger partial charge in [0.25, 0.3) is 0 Å². The average Bonchev–Trinajstić information content (AvgIpc) is 3.67. The van der Waals surface area contributed by atoms with Gasteiger partial charge in [0.05, 0.1) is 0 Å². The van der Waals surface area contributed by atoms with E-state index in [1.807, 2.05) is 23.5 Å². The van der Waals surface area contributed by atoms with Crippen molar-refractivity contribution in [1.29, 1.82) is 0 Å². The molecule has 0 radical (unpaired) electrons. The predicted molar refractivity (Wildman–Crippen MR) is 166 cm³/mol. The van der Waals surface area contributed by atoms with Gasteiger partial charge in [-0.1, -0.05) is 124 Å². The Balaban J connectivity index is 1.27. The Morgan fingerprint density at radius 2 is 1.28 bits per heavy atom. The Kier molecular flexibility index (Phi) is 4.13. The van der Waals surface area contributed by atoms with Gasteiger partial charge in [0.2, 0.25) is 6.71 Å². The quantitative estimate of drug-likeness (QED) is 0.206. The normalized spacial score (nSPS) is 21.6. The van der Waals surface area contributed by atoms with Gasteiger partial charge < -0.3 is 4.81 Å². The fraction of sp³-hybridized carbons (Fsp3) is 0.0588. The van der Waals surface area contributed by atoms with Gasteiger partial charge in [-0.15, -0.1) is 0 Å². The minimum atomic E-state index is 0.263. The van der Waals surface area contributed by atoms with E-state index in [-0.39, 0.29) is 13.6 Å². The molecular weight excluding hydrogens is 508 g/mol. The van der Waals surface area contributed by atoms with Crippen molar-refractivity contribution in [2.24, 2.45) is 0 Å². The third-order valence-electron chi connectivity index (χ3n) is 9.37. The van der Waals surface area contributed by atoms with E-state index in [1.54, 1.807) is 0 Å². The van der Waals surface area contributed by atoms with E-state index < -0.39 is 0 Å². The van der Waals surface area contributed by atoms with Crippen LogP contribution in [0.4, 0.5) is 11.4 Å². The first-order chi connectivity index (χ1) is 19.3. The van der Waals surface area contributed by atoms with Crippen LogP contribution >= 0.6 is 23.5 Å². The molecule has 39 heavy (non-hydrogen) atoms. The van der Waals surface area contributed by atoms with E-state index in [0.717, 1.165) is 0 Å². The highest BCUT2D eigenvalue weighted by atomic mass is 32.2. The molecule has 10 rings (SSSR count). The predicted octanol–water partition coefficient (Wildman–Crippen LogP) is 6.53. The van der Waals surface area contributed by atoms with Gasteiger partial charge in [0.15, 0.2) is 0 Å². The Hall–Kier alpha value is -3.53. The Morgan fingerprint density at radius 1 is 0.590 bits per heavy atom. The standard InChI is InChI=1S/C34H21B2NS2/c1-3-14-28-22(8-1)20-9-5-12-24(20)36-25-13-6-10-21(25)23-18-33-27(19-29(23)37(28)36)35-26-11-2-4-15-30(26)38-31-16-7-17-32(39-33)34(31)35/h1-21H. The van der Waals surface area contributed by atoms with Crippen LogP contribution in [0.3, 0.4) is 0 Å². The lowest BCUT2D eigenvalue weighted by Crippen LogP contribution is -2.58. The summed E-state index contributed by atoms with van der Waals surface area (Å²) in [6.45, 7) is 0.531. The van der Waals surface area contributed by atoms with Gasteiger partial charge in [-0.25, -0.2) is 0 Å². The van der Waals surface area contributed by atoms with E-state index in [4.69, 9.17) is 0 Å². The summed E-state index contributed by atoms with van der Waals surface area (Å²) in [7, 11) is 0. The highest BCUT2D eigenvalue weighted by Gasteiger charge is 2.49. The monoisotopic (exact) mass is 529 g/mol. The first-order valence-electron chi connectivity index (χ1n) is 13.8. The van der Waals surface area contributed by atoms with Crippen LogP contribution in [-0.4, -0.2) is 13.6 Å². The number of hydrogen-bond donors (Lipinski definition) is 0. The first kappa shape index (κ1) is 21.3. The van der Waals surface area contributed by atoms with E-state index >= 15 is 0 Å². The van der Waals surface area contributed by atoms with Crippen molar-refractivity contribution in [1.82, 2.24) is 0 Å². The fourth-order valence-electron chi connectivity index (χ4n) is 7.83. The van der Waals surface area contributed by atoms with Gasteiger partial charge in [-0.3, -0.25) is 0 Å². The minimum absolute atomic E-state index is 0.263. The van der Waals surface area contributed by atoms with Crippen molar-refractivity contribution in [2.45, 2.75) is 31.4 Å². The molecule has 5 heteroatoms. The molecule has 4 aromatic rings. The number of rotatable bonds is 0. The van der Waals surface area contributed by atoms with Gasteiger partial charge in [-0.2, -0.15) is 0 Å².